The molecule has 9 heteroatoms. The van der Waals surface area contributed by atoms with Crippen LogP contribution in [-0.2, 0) is 9.53 Å². The zero-order valence-electron chi connectivity index (χ0n) is 13.6. The highest BCUT2D eigenvalue weighted by Crippen LogP contribution is 2.34. The molecule has 0 N–H and O–H groups in total. The van der Waals surface area contributed by atoms with Crippen LogP contribution >= 0.6 is 11.8 Å². The fourth-order valence-electron chi connectivity index (χ4n) is 2.77. The minimum Gasteiger partial charge on any atom is -0.378 e. The van der Waals surface area contributed by atoms with Crippen molar-refractivity contribution in [2.45, 2.75) is 6.92 Å². The maximum atomic E-state index is 12.1. The van der Waals surface area contributed by atoms with Crippen LogP contribution in [0.1, 0.15) is 12.5 Å². The molecule has 0 unspecified atom stereocenters. The topological polar surface area (TPSA) is 93.0 Å². The van der Waals surface area contributed by atoms with Crippen LogP contribution in [0.5, 0.6) is 0 Å². The highest BCUT2D eigenvalue weighted by atomic mass is 32.2. The van der Waals surface area contributed by atoms with Crippen LogP contribution < -0.4 is 4.90 Å². The standard InChI is InChI=1S/C16H17N3O5S/c1-2-18-15(20)14(25-16(18)21)10-11-3-4-12(13(9-11)19(22)23)17-5-7-24-8-6-17/h3-4,9-10H,2,5-8H2,1H3/b14-10+. The predicted octanol–water partition coefficient (Wildman–Crippen LogP) is 2.49. The van der Waals surface area contributed by atoms with Crippen molar-refractivity contribution in [3.63, 3.8) is 0 Å². The van der Waals surface area contributed by atoms with Gasteiger partial charge in [0, 0.05) is 25.7 Å². The first kappa shape index (κ1) is 17.4. The minimum atomic E-state index is -0.431. The van der Waals surface area contributed by atoms with E-state index in [0.29, 0.717) is 44.1 Å². The molecule has 132 valence electrons. The van der Waals surface area contributed by atoms with E-state index < -0.39 is 4.92 Å². The van der Waals surface area contributed by atoms with Gasteiger partial charge in [0.05, 0.1) is 23.0 Å². The fraction of sp³-hybridized carbons (Fsp3) is 0.375. The van der Waals surface area contributed by atoms with Gasteiger partial charge in [-0.05, 0) is 36.4 Å². The number of amides is 2. The molecule has 0 bridgehead atoms. The van der Waals surface area contributed by atoms with Gasteiger partial charge in [0.15, 0.2) is 0 Å². The lowest BCUT2D eigenvalue weighted by Gasteiger charge is -2.28. The van der Waals surface area contributed by atoms with Crippen LogP contribution in [0.2, 0.25) is 0 Å². The summed E-state index contributed by atoms with van der Waals surface area (Å²) in [5.74, 6) is -0.364. The molecule has 1 aromatic rings. The van der Waals surface area contributed by atoms with E-state index in [1.807, 2.05) is 4.90 Å². The monoisotopic (exact) mass is 363 g/mol. The first-order valence-electron chi connectivity index (χ1n) is 7.87. The summed E-state index contributed by atoms with van der Waals surface area (Å²) < 4.78 is 5.28. The summed E-state index contributed by atoms with van der Waals surface area (Å²) in [6.07, 6.45) is 1.52. The lowest BCUT2D eigenvalue weighted by atomic mass is 10.1. The number of imide groups is 1. The molecule has 2 amide bonds. The first-order valence-corrected chi connectivity index (χ1v) is 8.69. The van der Waals surface area contributed by atoms with E-state index in [1.54, 1.807) is 19.1 Å². The highest BCUT2D eigenvalue weighted by molar-refractivity contribution is 8.18. The Labute approximate surface area is 148 Å². The van der Waals surface area contributed by atoms with E-state index in [2.05, 4.69) is 0 Å². The van der Waals surface area contributed by atoms with E-state index in [4.69, 9.17) is 4.74 Å². The molecule has 0 atom stereocenters. The largest absolute Gasteiger partial charge is 0.378 e. The minimum absolute atomic E-state index is 0.0228. The normalized spacial score (nSPS) is 19.8. The third-order valence-corrected chi connectivity index (χ3v) is 4.94. The van der Waals surface area contributed by atoms with E-state index in [0.717, 1.165) is 16.7 Å². The molecule has 3 rings (SSSR count). The summed E-state index contributed by atoms with van der Waals surface area (Å²) in [6.45, 7) is 4.27. The molecule has 0 radical (unpaired) electrons. The number of thioether (sulfide) groups is 1. The van der Waals surface area contributed by atoms with Crippen molar-refractivity contribution in [1.29, 1.82) is 0 Å². The van der Waals surface area contributed by atoms with Crippen molar-refractivity contribution in [2.24, 2.45) is 0 Å². The first-order chi connectivity index (χ1) is 12.0. The molecule has 2 heterocycles. The maximum Gasteiger partial charge on any atom is 0.293 e. The lowest BCUT2D eigenvalue weighted by Crippen LogP contribution is -2.36. The lowest BCUT2D eigenvalue weighted by molar-refractivity contribution is -0.384. The number of morpholine rings is 1. The quantitative estimate of drug-likeness (QED) is 0.461. The number of ether oxygens (including phenoxy) is 1. The van der Waals surface area contributed by atoms with Crippen LogP contribution in [0, 0.1) is 10.1 Å². The summed E-state index contributed by atoms with van der Waals surface area (Å²) in [4.78, 5) is 38.3. The van der Waals surface area contributed by atoms with Gasteiger partial charge >= 0.3 is 0 Å². The number of rotatable bonds is 4. The van der Waals surface area contributed by atoms with Gasteiger partial charge in [-0.25, -0.2) is 0 Å². The van der Waals surface area contributed by atoms with Crippen LogP contribution in [-0.4, -0.2) is 53.8 Å². The van der Waals surface area contributed by atoms with E-state index in [1.165, 1.54) is 12.1 Å². The Hall–Kier alpha value is -2.39. The van der Waals surface area contributed by atoms with E-state index in [9.17, 15) is 19.7 Å². The number of anilines is 1. The number of hydrogen-bond donors (Lipinski definition) is 0. The van der Waals surface area contributed by atoms with Gasteiger partial charge in [-0.2, -0.15) is 0 Å². The number of nitrogens with zero attached hydrogens (tertiary/aromatic N) is 3. The van der Waals surface area contributed by atoms with E-state index >= 15 is 0 Å². The molecule has 2 aliphatic heterocycles. The Morgan fingerprint density at radius 2 is 2.04 bits per heavy atom. The summed E-state index contributed by atoms with van der Waals surface area (Å²) in [6, 6.07) is 4.84. The van der Waals surface area contributed by atoms with Gasteiger partial charge in [0.2, 0.25) is 0 Å². The van der Waals surface area contributed by atoms with Gasteiger partial charge < -0.3 is 9.64 Å². The summed E-state index contributed by atoms with van der Waals surface area (Å²) in [7, 11) is 0. The molecule has 2 aliphatic rings. The van der Waals surface area contributed by atoms with Crippen molar-refractivity contribution in [3.8, 4) is 0 Å². The number of hydrogen-bond acceptors (Lipinski definition) is 7. The molecular weight excluding hydrogens is 346 g/mol. The average molecular weight is 363 g/mol. The van der Waals surface area contributed by atoms with Crippen molar-refractivity contribution in [1.82, 2.24) is 4.90 Å². The predicted molar refractivity (Wildman–Crippen MR) is 94.5 cm³/mol. The molecule has 2 saturated heterocycles. The molecule has 0 saturated carbocycles. The Bertz CT molecular complexity index is 758. The van der Waals surface area contributed by atoms with Crippen LogP contribution in [0.25, 0.3) is 6.08 Å². The summed E-state index contributed by atoms with van der Waals surface area (Å²) >= 11 is 0.849. The van der Waals surface area contributed by atoms with Crippen molar-refractivity contribution in [3.05, 3.63) is 38.8 Å². The number of carbonyl (C=O) groups is 2. The van der Waals surface area contributed by atoms with Crippen LogP contribution in [0.3, 0.4) is 0 Å². The maximum absolute atomic E-state index is 12.1. The number of nitro groups is 1. The van der Waals surface area contributed by atoms with Crippen LogP contribution in [0.15, 0.2) is 23.1 Å². The van der Waals surface area contributed by atoms with Gasteiger partial charge in [-0.1, -0.05) is 6.07 Å². The number of nitro benzene ring substituents is 1. The summed E-state index contributed by atoms with van der Waals surface area (Å²) in [5.41, 5.74) is 1.03. The van der Waals surface area contributed by atoms with Crippen LogP contribution in [0.4, 0.5) is 16.2 Å². The molecule has 1 aromatic carbocycles. The van der Waals surface area contributed by atoms with Crippen molar-refractivity contribution >= 4 is 40.4 Å². The van der Waals surface area contributed by atoms with Crippen molar-refractivity contribution in [2.75, 3.05) is 37.7 Å². The number of likely N-dealkylation sites (N-methyl/N-ethyl adjacent to an activating group) is 1. The smallest absolute Gasteiger partial charge is 0.293 e. The summed E-state index contributed by atoms with van der Waals surface area (Å²) in [5, 5.41) is 11.1. The van der Waals surface area contributed by atoms with Gasteiger partial charge in [-0.15, -0.1) is 0 Å². The SMILES string of the molecule is CCN1C(=O)S/C(=C/c2ccc(N3CCOCC3)c([N+](=O)[O-])c2)C1=O. The second kappa shape index (κ2) is 7.24. The molecule has 0 aliphatic carbocycles. The Kier molecular flexibility index (Phi) is 5.05. The number of benzene rings is 1. The highest BCUT2D eigenvalue weighted by Gasteiger charge is 2.33. The van der Waals surface area contributed by atoms with Gasteiger partial charge in [0.1, 0.15) is 5.69 Å². The third kappa shape index (κ3) is 3.52. The molecule has 0 aromatic heterocycles. The van der Waals surface area contributed by atoms with Gasteiger partial charge in [0.25, 0.3) is 16.8 Å². The molecule has 8 nitrogen and oxygen atoms in total. The van der Waals surface area contributed by atoms with Gasteiger partial charge in [-0.3, -0.25) is 24.6 Å². The Balaban J connectivity index is 1.92. The van der Waals surface area contributed by atoms with E-state index in [-0.39, 0.29) is 21.7 Å². The average Bonchev–Trinajstić information content (AvgIpc) is 2.88. The molecule has 2 fully saturated rings. The Morgan fingerprint density at radius 1 is 1.32 bits per heavy atom. The zero-order valence-corrected chi connectivity index (χ0v) is 14.5. The number of carbonyl (C=O) groups excluding carboxylic acids is 2. The zero-order chi connectivity index (χ0) is 18.0. The molecule has 0 spiro atoms. The molecular formula is C16H17N3O5S. The second-order valence-electron chi connectivity index (χ2n) is 5.53. The molecule has 25 heavy (non-hydrogen) atoms. The Morgan fingerprint density at radius 3 is 2.64 bits per heavy atom. The van der Waals surface area contributed by atoms with Crippen molar-refractivity contribution < 1.29 is 19.2 Å². The fourth-order valence-corrected chi connectivity index (χ4v) is 3.68. The third-order valence-electron chi connectivity index (χ3n) is 4.04. The second-order valence-corrected chi connectivity index (χ2v) is 6.52.